The SMILES string of the molecule is CC(C)(C)C1CCc2c(sc(NC(=O)CCCOc3ccccc3)c2C(N)=O)C1. The molecule has 0 saturated carbocycles. The van der Waals surface area contributed by atoms with Gasteiger partial charge in [0.25, 0.3) is 5.91 Å². The van der Waals surface area contributed by atoms with Gasteiger partial charge in [-0.1, -0.05) is 39.0 Å². The van der Waals surface area contributed by atoms with Gasteiger partial charge in [-0.25, -0.2) is 0 Å². The Morgan fingerprint density at radius 1 is 1.24 bits per heavy atom. The number of para-hydroxylation sites is 1. The highest BCUT2D eigenvalue weighted by Crippen LogP contribution is 2.44. The summed E-state index contributed by atoms with van der Waals surface area (Å²) >= 11 is 1.51. The van der Waals surface area contributed by atoms with Gasteiger partial charge in [0.15, 0.2) is 0 Å². The summed E-state index contributed by atoms with van der Waals surface area (Å²) < 4.78 is 5.63. The Bertz CT molecular complexity index is 868. The zero-order valence-electron chi connectivity index (χ0n) is 17.4. The second-order valence-electron chi connectivity index (χ2n) is 8.69. The molecule has 3 rings (SSSR count). The predicted octanol–water partition coefficient (Wildman–Crippen LogP) is 4.80. The molecule has 0 fully saturated rings. The molecule has 0 aliphatic heterocycles. The van der Waals surface area contributed by atoms with Crippen molar-refractivity contribution in [2.24, 2.45) is 17.1 Å². The van der Waals surface area contributed by atoms with Crippen LogP contribution >= 0.6 is 11.3 Å². The molecule has 2 amide bonds. The number of amides is 2. The lowest BCUT2D eigenvalue weighted by Gasteiger charge is -2.33. The fraction of sp³-hybridized carbons (Fsp3) is 0.478. The van der Waals surface area contributed by atoms with Crippen LogP contribution in [0.4, 0.5) is 5.00 Å². The molecule has 0 bridgehead atoms. The van der Waals surface area contributed by atoms with E-state index in [1.165, 1.54) is 16.2 Å². The average Bonchev–Trinajstić information content (AvgIpc) is 3.02. The molecule has 29 heavy (non-hydrogen) atoms. The smallest absolute Gasteiger partial charge is 0.251 e. The standard InChI is InChI=1S/C23H30N2O3S/c1-23(2,3)15-11-12-17-18(14-15)29-22(20(17)21(24)27)25-19(26)10-7-13-28-16-8-5-4-6-9-16/h4-6,8-9,15H,7,10-14H2,1-3H3,(H2,24,27)(H,25,26). The number of carbonyl (C=O) groups is 2. The number of primary amides is 1. The number of carbonyl (C=O) groups excluding carboxylic acids is 2. The van der Waals surface area contributed by atoms with Crippen molar-refractivity contribution in [1.29, 1.82) is 0 Å². The number of thiophene rings is 1. The van der Waals surface area contributed by atoms with Crippen molar-refractivity contribution in [3.8, 4) is 5.75 Å². The van der Waals surface area contributed by atoms with Crippen molar-refractivity contribution in [1.82, 2.24) is 0 Å². The first kappa shape index (κ1) is 21.4. The molecule has 1 aliphatic carbocycles. The van der Waals surface area contributed by atoms with E-state index < -0.39 is 5.91 Å². The molecule has 1 aliphatic rings. The van der Waals surface area contributed by atoms with E-state index in [1.807, 2.05) is 30.3 Å². The van der Waals surface area contributed by atoms with Crippen LogP contribution in [0.2, 0.25) is 0 Å². The van der Waals surface area contributed by atoms with Gasteiger partial charge in [-0.05, 0) is 54.7 Å². The minimum Gasteiger partial charge on any atom is -0.494 e. The van der Waals surface area contributed by atoms with Crippen LogP contribution < -0.4 is 15.8 Å². The Morgan fingerprint density at radius 3 is 2.62 bits per heavy atom. The van der Waals surface area contributed by atoms with Crippen LogP contribution in [0, 0.1) is 11.3 Å². The third kappa shape index (κ3) is 5.38. The van der Waals surface area contributed by atoms with E-state index in [2.05, 4.69) is 26.1 Å². The molecule has 0 radical (unpaired) electrons. The quantitative estimate of drug-likeness (QED) is 0.639. The van der Waals surface area contributed by atoms with Gasteiger partial charge in [-0.3, -0.25) is 9.59 Å². The van der Waals surface area contributed by atoms with E-state index in [0.29, 0.717) is 35.9 Å². The molecular formula is C23H30N2O3S. The summed E-state index contributed by atoms with van der Waals surface area (Å²) in [6, 6.07) is 9.54. The molecule has 1 unspecified atom stereocenters. The highest BCUT2D eigenvalue weighted by atomic mass is 32.1. The predicted molar refractivity (Wildman–Crippen MR) is 118 cm³/mol. The molecule has 1 atom stereocenters. The normalized spacial score (nSPS) is 16.2. The number of fused-ring (bicyclic) bond motifs is 1. The van der Waals surface area contributed by atoms with Gasteiger partial charge in [0.05, 0.1) is 12.2 Å². The van der Waals surface area contributed by atoms with Crippen LogP contribution in [-0.4, -0.2) is 18.4 Å². The molecule has 2 aromatic rings. The largest absolute Gasteiger partial charge is 0.494 e. The molecule has 5 nitrogen and oxygen atoms in total. The summed E-state index contributed by atoms with van der Waals surface area (Å²) in [4.78, 5) is 25.7. The Hall–Kier alpha value is -2.34. The molecule has 0 saturated heterocycles. The van der Waals surface area contributed by atoms with E-state index in [9.17, 15) is 9.59 Å². The molecule has 1 heterocycles. The average molecular weight is 415 g/mol. The molecule has 3 N–H and O–H groups in total. The minimum atomic E-state index is -0.459. The van der Waals surface area contributed by atoms with Crippen LogP contribution in [0.25, 0.3) is 0 Å². The number of rotatable bonds is 7. The van der Waals surface area contributed by atoms with Crippen molar-refractivity contribution >= 4 is 28.2 Å². The number of nitrogens with two attached hydrogens (primary N) is 1. The first-order valence-corrected chi connectivity index (χ1v) is 11.0. The lowest BCUT2D eigenvalue weighted by atomic mass is 9.72. The maximum atomic E-state index is 12.4. The monoisotopic (exact) mass is 414 g/mol. The van der Waals surface area contributed by atoms with Crippen LogP contribution in [0.3, 0.4) is 0 Å². The highest BCUT2D eigenvalue weighted by molar-refractivity contribution is 7.17. The van der Waals surface area contributed by atoms with E-state index >= 15 is 0 Å². The van der Waals surface area contributed by atoms with Gasteiger partial charge < -0.3 is 15.8 Å². The van der Waals surface area contributed by atoms with E-state index in [1.54, 1.807) is 0 Å². The molecule has 0 spiro atoms. The van der Waals surface area contributed by atoms with E-state index in [-0.39, 0.29) is 11.3 Å². The van der Waals surface area contributed by atoms with Crippen molar-refractivity contribution < 1.29 is 14.3 Å². The summed E-state index contributed by atoms with van der Waals surface area (Å²) in [7, 11) is 0. The van der Waals surface area contributed by atoms with Crippen molar-refractivity contribution in [2.45, 2.75) is 52.9 Å². The van der Waals surface area contributed by atoms with E-state index in [4.69, 9.17) is 10.5 Å². The first-order chi connectivity index (χ1) is 13.8. The van der Waals surface area contributed by atoms with Crippen molar-refractivity contribution in [3.05, 3.63) is 46.3 Å². The second-order valence-corrected chi connectivity index (χ2v) is 9.80. The summed E-state index contributed by atoms with van der Waals surface area (Å²) in [5.74, 6) is 0.783. The lowest BCUT2D eigenvalue weighted by molar-refractivity contribution is -0.116. The summed E-state index contributed by atoms with van der Waals surface area (Å²) in [6.45, 7) is 7.23. The Labute approximate surface area is 176 Å². The topological polar surface area (TPSA) is 81.4 Å². The number of hydrogen-bond acceptors (Lipinski definition) is 4. The zero-order valence-corrected chi connectivity index (χ0v) is 18.2. The maximum Gasteiger partial charge on any atom is 0.251 e. The number of benzene rings is 1. The van der Waals surface area contributed by atoms with Crippen LogP contribution in [0.15, 0.2) is 30.3 Å². The van der Waals surface area contributed by atoms with Gasteiger partial charge in [-0.2, -0.15) is 0 Å². The number of ether oxygens (including phenoxy) is 1. The number of anilines is 1. The molecular weight excluding hydrogens is 384 g/mol. The first-order valence-electron chi connectivity index (χ1n) is 10.2. The van der Waals surface area contributed by atoms with Crippen LogP contribution in [-0.2, 0) is 17.6 Å². The zero-order chi connectivity index (χ0) is 21.0. The number of hydrogen-bond donors (Lipinski definition) is 2. The van der Waals surface area contributed by atoms with Gasteiger partial charge in [0, 0.05) is 11.3 Å². The second kappa shape index (κ2) is 8.99. The van der Waals surface area contributed by atoms with Gasteiger partial charge in [-0.15, -0.1) is 11.3 Å². The molecule has 1 aromatic heterocycles. The van der Waals surface area contributed by atoms with Crippen LogP contribution in [0.5, 0.6) is 5.75 Å². The van der Waals surface area contributed by atoms with Crippen molar-refractivity contribution in [2.75, 3.05) is 11.9 Å². The molecule has 6 heteroatoms. The Kier molecular flexibility index (Phi) is 6.63. The summed E-state index contributed by atoms with van der Waals surface area (Å²) in [5.41, 5.74) is 7.42. The van der Waals surface area contributed by atoms with Gasteiger partial charge in [0.2, 0.25) is 5.91 Å². The summed E-state index contributed by atoms with van der Waals surface area (Å²) in [6.07, 6.45) is 3.75. The maximum absolute atomic E-state index is 12.4. The van der Waals surface area contributed by atoms with Crippen molar-refractivity contribution in [3.63, 3.8) is 0 Å². The lowest BCUT2D eigenvalue weighted by Crippen LogP contribution is -2.27. The van der Waals surface area contributed by atoms with Gasteiger partial charge in [0.1, 0.15) is 10.8 Å². The molecule has 1 aromatic carbocycles. The Balaban J connectivity index is 1.61. The molecule has 156 valence electrons. The fourth-order valence-corrected chi connectivity index (χ4v) is 5.15. The third-order valence-electron chi connectivity index (χ3n) is 5.55. The Morgan fingerprint density at radius 2 is 1.97 bits per heavy atom. The summed E-state index contributed by atoms with van der Waals surface area (Å²) in [5, 5.41) is 3.53. The van der Waals surface area contributed by atoms with Crippen LogP contribution in [0.1, 0.15) is 60.8 Å². The fourth-order valence-electron chi connectivity index (χ4n) is 3.80. The van der Waals surface area contributed by atoms with Gasteiger partial charge >= 0.3 is 0 Å². The van der Waals surface area contributed by atoms with E-state index in [0.717, 1.165) is 30.6 Å². The third-order valence-corrected chi connectivity index (χ3v) is 6.72. The highest BCUT2D eigenvalue weighted by Gasteiger charge is 2.33. The minimum absolute atomic E-state index is 0.116. The number of nitrogens with one attached hydrogen (secondary N) is 1.